The highest BCUT2D eigenvalue weighted by molar-refractivity contribution is 6.74. The summed E-state index contributed by atoms with van der Waals surface area (Å²) in [5.74, 6) is -0.937. The monoisotopic (exact) mass is 489 g/mol. The minimum absolute atomic E-state index is 0.114. The number of rotatable bonds is 9. The minimum atomic E-state index is -1.88. The number of H-pyrrole nitrogens is 2. The molecule has 0 aliphatic carbocycles. The lowest BCUT2D eigenvalue weighted by Crippen LogP contribution is -2.41. The van der Waals surface area contributed by atoms with Crippen molar-refractivity contribution in [2.45, 2.75) is 72.2 Å². The summed E-state index contributed by atoms with van der Waals surface area (Å²) in [7, 11) is -1.88. The van der Waals surface area contributed by atoms with Crippen LogP contribution in [-0.2, 0) is 22.2 Å². The lowest BCUT2D eigenvalue weighted by molar-refractivity contribution is 0.0519. The van der Waals surface area contributed by atoms with E-state index in [1.807, 2.05) is 0 Å². The largest absolute Gasteiger partial charge is 0.461 e. The van der Waals surface area contributed by atoms with Crippen molar-refractivity contribution >= 4 is 25.2 Å². The number of aromatic amines is 2. The third kappa shape index (κ3) is 4.96. The molecule has 3 rings (SSSR count). The van der Waals surface area contributed by atoms with Gasteiger partial charge >= 0.3 is 5.97 Å². The molecule has 1 aromatic carbocycles. The molecular formula is C25H36FN3O4Si. The van der Waals surface area contributed by atoms with Crippen molar-refractivity contribution < 1.29 is 23.5 Å². The second-order valence-corrected chi connectivity index (χ2v) is 14.9. The number of hydrogen-bond donors (Lipinski definition) is 3. The van der Waals surface area contributed by atoms with E-state index in [2.05, 4.69) is 49.0 Å². The molecule has 0 bridgehead atoms. The molecule has 9 heteroatoms. The number of benzene rings is 1. The second kappa shape index (κ2) is 10.0. The topological polar surface area (TPSA) is 100 Å². The first-order valence-electron chi connectivity index (χ1n) is 11.7. The third-order valence-corrected chi connectivity index (χ3v) is 11.3. The highest BCUT2D eigenvalue weighted by Crippen LogP contribution is 2.38. The number of aryl methyl sites for hydroxylation is 2. The van der Waals surface area contributed by atoms with Gasteiger partial charge in [-0.1, -0.05) is 20.8 Å². The van der Waals surface area contributed by atoms with E-state index < -0.39 is 20.1 Å². The molecule has 0 spiro atoms. The van der Waals surface area contributed by atoms with Crippen LogP contribution in [-0.4, -0.2) is 47.8 Å². The second-order valence-electron chi connectivity index (χ2n) is 10.1. The maximum Gasteiger partial charge on any atom is 0.355 e. The Hall–Kier alpha value is -2.49. The molecule has 0 aliphatic heterocycles. The van der Waals surface area contributed by atoms with Gasteiger partial charge in [0.25, 0.3) is 0 Å². The number of carbonyl (C=O) groups excluding carboxylic acids is 1. The summed E-state index contributed by atoms with van der Waals surface area (Å²) in [6.07, 6.45) is 1.29. The summed E-state index contributed by atoms with van der Waals surface area (Å²) in [4.78, 5) is 15.9. The fraction of sp³-hybridized carbons (Fsp3) is 0.520. The van der Waals surface area contributed by atoms with Gasteiger partial charge in [-0.15, -0.1) is 0 Å². The standard InChI is InChI=1S/C25H36FN3O4Si/c1-8-32-24(31)23-16(10-9-13-33-34(6,7)25(3,4)5)17-11-12-18(26)21(22(17)27-23)20-15(2)28-29-19(20)14-30/h11-12,27,30H,8-10,13-14H2,1-7H3,(H,28,29). The average molecular weight is 490 g/mol. The van der Waals surface area contributed by atoms with E-state index in [4.69, 9.17) is 9.16 Å². The van der Waals surface area contributed by atoms with Crippen LogP contribution in [0.4, 0.5) is 4.39 Å². The number of fused-ring (bicyclic) bond motifs is 1. The van der Waals surface area contributed by atoms with E-state index in [9.17, 15) is 9.90 Å². The molecular weight excluding hydrogens is 453 g/mol. The highest BCUT2D eigenvalue weighted by atomic mass is 28.4. The maximum atomic E-state index is 15.1. The number of hydrogen-bond acceptors (Lipinski definition) is 5. The van der Waals surface area contributed by atoms with Crippen LogP contribution < -0.4 is 0 Å². The van der Waals surface area contributed by atoms with Crippen molar-refractivity contribution in [1.29, 1.82) is 0 Å². The fourth-order valence-electron chi connectivity index (χ4n) is 3.89. The zero-order valence-corrected chi connectivity index (χ0v) is 22.2. The molecule has 0 radical (unpaired) electrons. The van der Waals surface area contributed by atoms with Crippen molar-refractivity contribution in [2.24, 2.45) is 0 Å². The minimum Gasteiger partial charge on any atom is -0.461 e. The Balaban J connectivity index is 2.04. The van der Waals surface area contributed by atoms with E-state index in [1.165, 1.54) is 6.07 Å². The Labute approximate surface area is 201 Å². The molecule has 0 aliphatic rings. The number of esters is 1. The van der Waals surface area contributed by atoms with Gasteiger partial charge < -0.3 is 19.3 Å². The molecule has 2 aromatic heterocycles. The average Bonchev–Trinajstić information content (AvgIpc) is 3.31. The van der Waals surface area contributed by atoms with E-state index in [-0.39, 0.29) is 23.8 Å². The van der Waals surface area contributed by atoms with E-state index >= 15 is 4.39 Å². The molecule has 3 aromatic rings. The first-order chi connectivity index (χ1) is 15.9. The van der Waals surface area contributed by atoms with E-state index in [0.717, 1.165) is 10.9 Å². The smallest absolute Gasteiger partial charge is 0.355 e. The van der Waals surface area contributed by atoms with Crippen molar-refractivity contribution in [1.82, 2.24) is 15.2 Å². The SMILES string of the molecule is CCOC(=O)c1[nH]c2c(-c3c(CO)n[nH]c3C)c(F)ccc2c1CCCO[Si](C)(C)C(C)(C)C. The molecule has 186 valence electrons. The summed E-state index contributed by atoms with van der Waals surface area (Å²) < 4.78 is 26.7. The Bertz CT molecular complexity index is 1180. The number of halogens is 1. The number of carbonyl (C=O) groups is 1. The number of aliphatic hydroxyl groups excluding tert-OH is 1. The molecule has 0 unspecified atom stereocenters. The zero-order valence-electron chi connectivity index (χ0n) is 21.2. The van der Waals surface area contributed by atoms with Crippen LogP contribution in [0.3, 0.4) is 0 Å². The normalized spacial score (nSPS) is 12.5. The van der Waals surface area contributed by atoms with Crippen LogP contribution in [0.2, 0.25) is 18.1 Å². The predicted octanol–water partition coefficient (Wildman–Crippen LogP) is 5.63. The van der Waals surface area contributed by atoms with Gasteiger partial charge in [-0.05, 0) is 62.5 Å². The lowest BCUT2D eigenvalue weighted by Gasteiger charge is -2.36. The lowest BCUT2D eigenvalue weighted by atomic mass is 9.98. The number of nitrogens with one attached hydrogen (secondary N) is 2. The van der Waals surface area contributed by atoms with Crippen LogP contribution in [0.15, 0.2) is 12.1 Å². The van der Waals surface area contributed by atoms with Crippen LogP contribution >= 0.6 is 0 Å². The Morgan fingerprint density at radius 2 is 1.94 bits per heavy atom. The molecule has 0 atom stereocenters. The molecule has 0 saturated heterocycles. The van der Waals surface area contributed by atoms with Gasteiger partial charge in [-0.2, -0.15) is 5.10 Å². The van der Waals surface area contributed by atoms with Gasteiger partial charge in [0.05, 0.1) is 24.4 Å². The van der Waals surface area contributed by atoms with Crippen LogP contribution in [0, 0.1) is 12.7 Å². The van der Waals surface area contributed by atoms with Crippen molar-refractivity contribution in [2.75, 3.05) is 13.2 Å². The van der Waals surface area contributed by atoms with Gasteiger partial charge in [0, 0.05) is 28.8 Å². The van der Waals surface area contributed by atoms with Crippen molar-refractivity contribution in [3.63, 3.8) is 0 Å². The number of aliphatic hydroxyl groups is 1. The quantitative estimate of drug-likeness (QED) is 0.205. The summed E-state index contributed by atoms with van der Waals surface area (Å²) in [6.45, 7) is 15.0. The van der Waals surface area contributed by atoms with Crippen molar-refractivity contribution in [3.05, 3.63) is 40.6 Å². The van der Waals surface area contributed by atoms with Crippen LogP contribution in [0.25, 0.3) is 22.0 Å². The summed E-state index contributed by atoms with van der Waals surface area (Å²) >= 11 is 0. The first-order valence-corrected chi connectivity index (χ1v) is 14.6. The van der Waals surface area contributed by atoms with E-state index in [0.29, 0.717) is 47.6 Å². The summed E-state index contributed by atoms with van der Waals surface area (Å²) in [6, 6.07) is 3.08. The fourth-order valence-corrected chi connectivity index (χ4v) is 4.98. The van der Waals surface area contributed by atoms with E-state index in [1.54, 1.807) is 19.9 Å². The summed E-state index contributed by atoms with van der Waals surface area (Å²) in [5, 5.41) is 17.5. The third-order valence-electron chi connectivity index (χ3n) is 6.77. The molecule has 0 amide bonds. The Kier molecular flexibility index (Phi) is 7.69. The Morgan fingerprint density at radius 1 is 1.24 bits per heavy atom. The summed E-state index contributed by atoms with van der Waals surface area (Å²) in [5.41, 5.74) is 3.34. The van der Waals surface area contributed by atoms with Gasteiger partial charge in [0.1, 0.15) is 11.5 Å². The number of ether oxygens (including phenoxy) is 1. The molecule has 34 heavy (non-hydrogen) atoms. The molecule has 7 nitrogen and oxygen atoms in total. The van der Waals surface area contributed by atoms with Gasteiger partial charge in [0.15, 0.2) is 8.32 Å². The molecule has 2 heterocycles. The first kappa shape index (κ1) is 26.1. The van der Waals surface area contributed by atoms with Gasteiger partial charge in [-0.3, -0.25) is 5.10 Å². The predicted molar refractivity (Wildman–Crippen MR) is 134 cm³/mol. The van der Waals surface area contributed by atoms with Crippen molar-refractivity contribution in [3.8, 4) is 11.1 Å². The number of nitrogens with zero attached hydrogens (tertiary/aromatic N) is 1. The van der Waals surface area contributed by atoms with Gasteiger partial charge in [0.2, 0.25) is 0 Å². The Morgan fingerprint density at radius 3 is 2.56 bits per heavy atom. The highest BCUT2D eigenvalue weighted by Gasteiger charge is 2.37. The maximum absolute atomic E-state index is 15.1. The van der Waals surface area contributed by atoms with Gasteiger partial charge in [-0.25, -0.2) is 9.18 Å². The number of aromatic nitrogens is 3. The van der Waals surface area contributed by atoms with Crippen LogP contribution in [0.5, 0.6) is 0 Å². The molecule has 0 fully saturated rings. The van der Waals surface area contributed by atoms with Crippen LogP contribution in [0.1, 0.15) is 61.6 Å². The zero-order chi connectivity index (χ0) is 25.3. The molecule has 3 N–H and O–H groups in total. The molecule has 0 saturated carbocycles.